The van der Waals surface area contributed by atoms with Crippen LogP contribution in [0.1, 0.15) is 31.2 Å². The second-order valence-electron chi connectivity index (χ2n) is 6.26. The first-order valence-corrected chi connectivity index (χ1v) is 8.68. The van der Waals surface area contributed by atoms with Crippen molar-refractivity contribution in [3.05, 3.63) is 23.9 Å². The van der Waals surface area contributed by atoms with Crippen LogP contribution in [0.5, 0.6) is 17.2 Å². The van der Waals surface area contributed by atoms with Gasteiger partial charge in [0, 0.05) is 24.2 Å². The summed E-state index contributed by atoms with van der Waals surface area (Å²) in [6.45, 7) is 4.01. The van der Waals surface area contributed by atoms with Gasteiger partial charge >= 0.3 is 0 Å². The van der Waals surface area contributed by atoms with Crippen molar-refractivity contribution in [3.8, 4) is 23.3 Å². The van der Waals surface area contributed by atoms with Crippen LogP contribution in [-0.4, -0.2) is 48.3 Å². The Morgan fingerprint density at radius 2 is 2.04 bits per heavy atom. The molecule has 0 atom stereocenters. The monoisotopic (exact) mass is 341 g/mol. The number of pyridine rings is 1. The van der Waals surface area contributed by atoms with Crippen LogP contribution in [0.3, 0.4) is 0 Å². The predicted molar refractivity (Wildman–Crippen MR) is 95.1 cm³/mol. The zero-order valence-electron chi connectivity index (χ0n) is 14.5. The van der Waals surface area contributed by atoms with Crippen molar-refractivity contribution in [1.82, 2.24) is 9.88 Å². The largest absolute Gasteiger partial charge is 0.506 e. The molecule has 6 heteroatoms. The van der Waals surface area contributed by atoms with E-state index in [-0.39, 0.29) is 11.3 Å². The van der Waals surface area contributed by atoms with Gasteiger partial charge in [-0.2, -0.15) is 5.26 Å². The van der Waals surface area contributed by atoms with Gasteiger partial charge in [0.15, 0.2) is 11.5 Å². The summed E-state index contributed by atoms with van der Waals surface area (Å²) < 4.78 is 11.3. The van der Waals surface area contributed by atoms with Crippen LogP contribution in [0.4, 0.5) is 0 Å². The fourth-order valence-electron chi connectivity index (χ4n) is 3.19. The van der Waals surface area contributed by atoms with Crippen LogP contribution in [-0.2, 0) is 0 Å². The molecule has 0 amide bonds. The molecule has 1 aromatic carbocycles. The van der Waals surface area contributed by atoms with E-state index in [1.54, 1.807) is 19.2 Å². The lowest BCUT2D eigenvalue weighted by atomic mass is 10.1. The fraction of sp³-hybridized carbons (Fsp3) is 0.474. The van der Waals surface area contributed by atoms with Gasteiger partial charge in [-0.25, -0.2) is 0 Å². The summed E-state index contributed by atoms with van der Waals surface area (Å²) >= 11 is 0. The highest BCUT2D eigenvalue weighted by Gasteiger charge is 2.14. The highest BCUT2D eigenvalue weighted by Crippen LogP contribution is 2.36. The molecule has 1 aromatic heterocycles. The molecule has 1 fully saturated rings. The van der Waals surface area contributed by atoms with E-state index >= 15 is 0 Å². The first-order chi connectivity index (χ1) is 12.2. The molecule has 1 saturated heterocycles. The van der Waals surface area contributed by atoms with Crippen LogP contribution in [0.15, 0.2) is 18.3 Å². The Morgan fingerprint density at radius 3 is 2.76 bits per heavy atom. The van der Waals surface area contributed by atoms with E-state index in [2.05, 4.69) is 9.88 Å². The summed E-state index contributed by atoms with van der Waals surface area (Å²) in [6, 6.07) is 5.33. The standard InChI is InChI=1S/C19H23N3O3/c1-24-17-10-15-16(21-13-14(12-20)19(15)23)11-18(17)25-9-5-8-22-6-3-2-4-7-22/h10-11,13H,2-9H2,1H3,(H,21,23). The highest BCUT2D eigenvalue weighted by atomic mass is 16.5. The molecule has 0 aliphatic carbocycles. The molecule has 25 heavy (non-hydrogen) atoms. The number of fused-ring (bicyclic) bond motifs is 1. The van der Waals surface area contributed by atoms with Crippen molar-refractivity contribution < 1.29 is 14.6 Å². The van der Waals surface area contributed by atoms with Gasteiger partial charge in [-0.3, -0.25) is 4.98 Å². The molecule has 1 aliphatic heterocycles. The van der Waals surface area contributed by atoms with E-state index in [1.807, 2.05) is 6.07 Å². The maximum absolute atomic E-state index is 10.2. The Morgan fingerprint density at radius 1 is 1.24 bits per heavy atom. The average Bonchev–Trinajstić information content (AvgIpc) is 2.66. The Labute approximate surface area is 147 Å². The zero-order valence-corrected chi connectivity index (χ0v) is 14.5. The van der Waals surface area contributed by atoms with Gasteiger partial charge in [-0.1, -0.05) is 6.42 Å². The smallest absolute Gasteiger partial charge is 0.163 e. The molecule has 0 unspecified atom stereocenters. The van der Waals surface area contributed by atoms with Gasteiger partial charge in [0.05, 0.1) is 19.2 Å². The summed E-state index contributed by atoms with van der Waals surface area (Å²) in [4.78, 5) is 6.70. The van der Waals surface area contributed by atoms with Crippen molar-refractivity contribution in [2.24, 2.45) is 0 Å². The molecule has 3 rings (SSSR count). The number of hydrogen-bond donors (Lipinski definition) is 1. The van der Waals surface area contributed by atoms with E-state index in [1.165, 1.54) is 38.5 Å². The van der Waals surface area contributed by atoms with Gasteiger partial charge in [0.25, 0.3) is 0 Å². The van der Waals surface area contributed by atoms with Crippen molar-refractivity contribution in [3.63, 3.8) is 0 Å². The van der Waals surface area contributed by atoms with Crippen LogP contribution < -0.4 is 9.47 Å². The van der Waals surface area contributed by atoms with Gasteiger partial charge in [-0.05, 0) is 38.4 Å². The van der Waals surface area contributed by atoms with Crippen LogP contribution in [0.25, 0.3) is 10.9 Å². The maximum atomic E-state index is 10.2. The maximum Gasteiger partial charge on any atom is 0.163 e. The highest BCUT2D eigenvalue weighted by molar-refractivity contribution is 5.89. The average molecular weight is 341 g/mol. The molecule has 1 N–H and O–H groups in total. The number of ether oxygens (including phenoxy) is 2. The lowest BCUT2D eigenvalue weighted by Gasteiger charge is -2.26. The van der Waals surface area contributed by atoms with Crippen LogP contribution >= 0.6 is 0 Å². The normalized spacial score (nSPS) is 15.0. The number of nitrogens with zero attached hydrogens (tertiary/aromatic N) is 3. The molecule has 2 heterocycles. The van der Waals surface area contributed by atoms with E-state index < -0.39 is 0 Å². The third-order valence-electron chi connectivity index (χ3n) is 4.57. The van der Waals surface area contributed by atoms with Gasteiger partial charge in [-0.15, -0.1) is 0 Å². The van der Waals surface area contributed by atoms with E-state index in [4.69, 9.17) is 14.7 Å². The first-order valence-electron chi connectivity index (χ1n) is 8.68. The Bertz CT molecular complexity index is 780. The number of piperidine rings is 1. The summed E-state index contributed by atoms with van der Waals surface area (Å²) in [5, 5.41) is 19.6. The Balaban J connectivity index is 1.69. The van der Waals surface area contributed by atoms with E-state index in [0.29, 0.717) is 29.0 Å². The molecule has 0 saturated carbocycles. The molecular weight excluding hydrogens is 318 g/mol. The van der Waals surface area contributed by atoms with Gasteiger partial charge in [0.1, 0.15) is 17.4 Å². The van der Waals surface area contributed by atoms with Gasteiger partial charge in [0.2, 0.25) is 0 Å². The molecule has 0 radical (unpaired) electrons. The topological polar surface area (TPSA) is 78.6 Å². The van der Waals surface area contributed by atoms with Crippen molar-refractivity contribution in [2.75, 3.05) is 33.4 Å². The van der Waals surface area contributed by atoms with Crippen molar-refractivity contribution in [2.45, 2.75) is 25.7 Å². The van der Waals surface area contributed by atoms with Crippen molar-refractivity contribution >= 4 is 10.9 Å². The summed E-state index contributed by atoms with van der Waals surface area (Å²) in [5.74, 6) is 1.05. The quantitative estimate of drug-likeness (QED) is 0.814. The second-order valence-corrected chi connectivity index (χ2v) is 6.26. The zero-order chi connectivity index (χ0) is 17.6. The number of aromatic nitrogens is 1. The van der Waals surface area contributed by atoms with Crippen LogP contribution in [0, 0.1) is 11.3 Å². The summed E-state index contributed by atoms with van der Waals surface area (Å²) in [7, 11) is 1.56. The minimum Gasteiger partial charge on any atom is -0.506 e. The Kier molecular flexibility index (Phi) is 5.56. The van der Waals surface area contributed by atoms with E-state index in [9.17, 15) is 5.11 Å². The molecular formula is C19H23N3O3. The van der Waals surface area contributed by atoms with E-state index in [0.717, 1.165) is 13.0 Å². The molecule has 2 aromatic rings. The number of hydrogen-bond acceptors (Lipinski definition) is 6. The van der Waals surface area contributed by atoms with Crippen LogP contribution in [0.2, 0.25) is 0 Å². The number of nitriles is 1. The van der Waals surface area contributed by atoms with Crippen molar-refractivity contribution in [1.29, 1.82) is 5.26 Å². The lowest BCUT2D eigenvalue weighted by molar-refractivity contribution is 0.203. The first kappa shape index (κ1) is 17.3. The molecule has 0 spiro atoms. The third kappa shape index (κ3) is 3.94. The number of methoxy groups -OCH3 is 1. The summed E-state index contributed by atoms with van der Waals surface area (Å²) in [5.41, 5.74) is 0.716. The third-order valence-corrected chi connectivity index (χ3v) is 4.57. The molecule has 1 aliphatic rings. The summed E-state index contributed by atoms with van der Waals surface area (Å²) in [6.07, 6.45) is 6.24. The fourth-order valence-corrected chi connectivity index (χ4v) is 3.19. The number of benzene rings is 1. The lowest BCUT2D eigenvalue weighted by Crippen LogP contribution is -2.31. The second kappa shape index (κ2) is 8.04. The Hall–Kier alpha value is -2.52. The number of likely N-dealkylation sites (tertiary alicyclic amines) is 1. The number of aromatic hydroxyl groups is 1. The SMILES string of the molecule is COc1cc2c(O)c(C#N)cnc2cc1OCCCN1CCCCC1. The molecule has 132 valence electrons. The predicted octanol–water partition coefficient (Wildman–Crippen LogP) is 3.08. The molecule has 0 bridgehead atoms. The minimum absolute atomic E-state index is 0.0811. The minimum atomic E-state index is -0.0811. The van der Waals surface area contributed by atoms with Gasteiger partial charge < -0.3 is 19.5 Å². The number of rotatable bonds is 6. The molecule has 6 nitrogen and oxygen atoms in total.